The monoisotopic (exact) mass is 283 g/mol. The van der Waals surface area contributed by atoms with Crippen molar-refractivity contribution in [1.82, 2.24) is 5.32 Å². The second-order valence-electron chi connectivity index (χ2n) is 4.31. The number of hydrogen-bond donors (Lipinski definition) is 1. The van der Waals surface area contributed by atoms with Gasteiger partial charge in [-0.25, -0.2) is 0 Å². The molecule has 5 heteroatoms. The van der Waals surface area contributed by atoms with E-state index in [1.54, 1.807) is 7.11 Å². The highest BCUT2D eigenvalue weighted by Crippen LogP contribution is 2.33. The number of hydrogen-bond acceptors (Lipinski definition) is 5. The first-order valence-corrected chi connectivity index (χ1v) is 7.64. The molecule has 0 amide bonds. The second-order valence-corrected chi connectivity index (χ2v) is 5.46. The summed E-state index contributed by atoms with van der Waals surface area (Å²) in [4.78, 5) is 0. The summed E-state index contributed by atoms with van der Waals surface area (Å²) in [5.74, 6) is 3.72. The van der Waals surface area contributed by atoms with Gasteiger partial charge in [0.2, 0.25) is 0 Å². The van der Waals surface area contributed by atoms with Gasteiger partial charge in [-0.3, -0.25) is 0 Å². The number of methoxy groups -OCH3 is 1. The summed E-state index contributed by atoms with van der Waals surface area (Å²) in [6, 6.07) is 6.49. The quantitative estimate of drug-likeness (QED) is 0.776. The Morgan fingerprint density at radius 1 is 1.32 bits per heavy atom. The lowest BCUT2D eigenvalue weighted by Crippen LogP contribution is -2.20. The summed E-state index contributed by atoms with van der Waals surface area (Å²) in [5.41, 5.74) is 1.23. The first-order chi connectivity index (χ1) is 9.35. The molecule has 1 aliphatic rings. The van der Waals surface area contributed by atoms with Crippen molar-refractivity contribution in [3.8, 4) is 11.5 Å². The number of benzene rings is 1. The maximum Gasteiger partial charge on any atom is 0.161 e. The van der Waals surface area contributed by atoms with Crippen LogP contribution in [0.3, 0.4) is 0 Å². The van der Waals surface area contributed by atoms with Crippen molar-refractivity contribution in [3.05, 3.63) is 23.8 Å². The van der Waals surface area contributed by atoms with Crippen molar-refractivity contribution in [1.29, 1.82) is 0 Å². The van der Waals surface area contributed by atoms with E-state index in [0.29, 0.717) is 19.3 Å². The van der Waals surface area contributed by atoms with Gasteiger partial charge in [0.1, 0.15) is 13.2 Å². The highest BCUT2D eigenvalue weighted by molar-refractivity contribution is 7.99. The first-order valence-electron chi connectivity index (χ1n) is 6.48. The number of thioether (sulfide) groups is 1. The van der Waals surface area contributed by atoms with E-state index in [0.717, 1.165) is 29.6 Å². The standard InChI is InChI=1S/C14H21NO3S/c1-15-12(10-19-8-7-16-2)11-3-4-13-14(9-11)18-6-5-17-13/h3-4,9,12,15H,5-8,10H2,1-2H3. The fourth-order valence-corrected chi connectivity index (χ4v) is 3.01. The van der Waals surface area contributed by atoms with Gasteiger partial charge in [0.05, 0.1) is 6.61 Å². The molecule has 0 saturated heterocycles. The minimum Gasteiger partial charge on any atom is -0.486 e. The molecular weight excluding hydrogens is 262 g/mol. The van der Waals surface area contributed by atoms with Crippen molar-refractivity contribution in [3.63, 3.8) is 0 Å². The Kier molecular flexibility index (Phi) is 5.82. The van der Waals surface area contributed by atoms with Gasteiger partial charge >= 0.3 is 0 Å². The molecule has 2 rings (SSSR count). The molecule has 19 heavy (non-hydrogen) atoms. The first kappa shape index (κ1) is 14.5. The highest BCUT2D eigenvalue weighted by Gasteiger charge is 2.15. The van der Waals surface area contributed by atoms with Crippen molar-refractivity contribution in [2.24, 2.45) is 0 Å². The summed E-state index contributed by atoms with van der Waals surface area (Å²) in [5, 5.41) is 3.34. The molecule has 1 aromatic carbocycles. The third-order valence-corrected chi connectivity index (χ3v) is 4.06. The van der Waals surface area contributed by atoms with Gasteiger partial charge < -0.3 is 19.5 Å². The van der Waals surface area contributed by atoms with Crippen LogP contribution < -0.4 is 14.8 Å². The van der Waals surface area contributed by atoms with Crippen LogP contribution in [0.25, 0.3) is 0 Å². The second kappa shape index (κ2) is 7.62. The van der Waals surface area contributed by atoms with E-state index in [4.69, 9.17) is 14.2 Å². The molecule has 106 valence electrons. The van der Waals surface area contributed by atoms with E-state index in [9.17, 15) is 0 Å². The minimum absolute atomic E-state index is 0.317. The SMILES string of the molecule is CNC(CSCCOC)c1ccc2c(c1)OCCO2. The van der Waals surface area contributed by atoms with Crippen molar-refractivity contribution >= 4 is 11.8 Å². The number of rotatable bonds is 7. The Morgan fingerprint density at radius 2 is 2.11 bits per heavy atom. The van der Waals surface area contributed by atoms with Gasteiger partial charge in [-0.15, -0.1) is 0 Å². The fraction of sp³-hybridized carbons (Fsp3) is 0.571. The number of ether oxygens (including phenoxy) is 3. The van der Waals surface area contributed by atoms with Gasteiger partial charge in [-0.2, -0.15) is 11.8 Å². The maximum absolute atomic E-state index is 5.62. The Hall–Kier alpha value is -0.910. The van der Waals surface area contributed by atoms with Crippen molar-refractivity contribution in [2.75, 3.05) is 45.5 Å². The average molecular weight is 283 g/mol. The molecule has 0 bridgehead atoms. The zero-order valence-corrected chi connectivity index (χ0v) is 12.3. The molecule has 0 aliphatic carbocycles. The van der Waals surface area contributed by atoms with Gasteiger partial charge in [-0.05, 0) is 24.7 Å². The summed E-state index contributed by atoms with van der Waals surface area (Å²) >= 11 is 1.88. The maximum atomic E-state index is 5.62. The van der Waals surface area contributed by atoms with E-state index in [1.165, 1.54) is 5.56 Å². The number of nitrogens with one attached hydrogen (secondary N) is 1. The highest BCUT2D eigenvalue weighted by atomic mass is 32.2. The third kappa shape index (κ3) is 4.03. The minimum atomic E-state index is 0.317. The van der Waals surface area contributed by atoms with Crippen molar-refractivity contribution < 1.29 is 14.2 Å². The predicted molar refractivity (Wildman–Crippen MR) is 78.4 cm³/mol. The molecular formula is C14H21NO3S. The van der Waals surface area contributed by atoms with E-state index in [1.807, 2.05) is 24.9 Å². The van der Waals surface area contributed by atoms with Crippen LogP contribution in [0, 0.1) is 0 Å². The molecule has 0 spiro atoms. The number of fused-ring (bicyclic) bond motifs is 1. The van der Waals surface area contributed by atoms with Crippen LogP contribution in [0.4, 0.5) is 0 Å². The van der Waals surface area contributed by atoms with Crippen LogP contribution in [-0.2, 0) is 4.74 Å². The van der Waals surface area contributed by atoms with Gasteiger partial charge in [0, 0.05) is 24.7 Å². The molecule has 1 unspecified atom stereocenters. The van der Waals surface area contributed by atoms with Crippen LogP contribution >= 0.6 is 11.8 Å². The van der Waals surface area contributed by atoms with E-state index in [2.05, 4.69) is 17.4 Å². The summed E-state index contributed by atoms with van der Waals surface area (Å²) < 4.78 is 16.2. The lowest BCUT2D eigenvalue weighted by Gasteiger charge is -2.22. The topological polar surface area (TPSA) is 39.7 Å². The predicted octanol–water partition coefficient (Wildman–Crippen LogP) is 2.10. The molecule has 0 radical (unpaired) electrons. The zero-order valence-electron chi connectivity index (χ0n) is 11.5. The van der Waals surface area contributed by atoms with E-state index in [-0.39, 0.29) is 0 Å². The van der Waals surface area contributed by atoms with E-state index < -0.39 is 0 Å². The molecule has 1 aliphatic heterocycles. The molecule has 0 aromatic heterocycles. The largest absolute Gasteiger partial charge is 0.486 e. The Balaban J connectivity index is 1.97. The summed E-state index contributed by atoms with van der Waals surface area (Å²) in [6.45, 7) is 2.06. The van der Waals surface area contributed by atoms with Crippen LogP contribution in [0.1, 0.15) is 11.6 Å². The molecule has 1 aromatic rings. The lowest BCUT2D eigenvalue weighted by molar-refractivity contribution is 0.171. The van der Waals surface area contributed by atoms with Gasteiger partial charge in [0.15, 0.2) is 11.5 Å². The van der Waals surface area contributed by atoms with Crippen LogP contribution in [0.5, 0.6) is 11.5 Å². The normalized spacial score (nSPS) is 15.3. The molecule has 0 saturated carbocycles. The van der Waals surface area contributed by atoms with Crippen molar-refractivity contribution in [2.45, 2.75) is 6.04 Å². The van der Waals surface area contributed by atoms with Gasteiger partial charge in [0.25, 0.3) is 0 Å². The Bertz CT molecular complexity index is 400. The summed E-state index contributed by atoms with van der Waals surface area (Å²) in [7, 11) is 3.72. The molecule has 1 atom stereocenters. The van der Waals surface area contributed by atoms with Crippen LogP contribution in [-0.4, -0.2) is 45.5 Å². The third-order valence-electron chi connectivity index (χ3n) is 3.03. The molecule has 1 heterocycles. The smallest absolute Gasteiger partial charge is 0.161 e. The summed E-state index contributed by atoms with van der Waals surface area (Å²) in [6.07, 6.45) is 0. The average Bonchev–Trinajstić information content (AvgIpc) is 2.47. The molecule has 1 N–H and O–H groups in total. The molecule has 0 fully saturated rings. The fourth-order valence-electron chi connectivity index (χ4n) is 1.97. The molecule has 4 nitrogen and oxygen atoms in total. The van der Waals surface area contributed by atoms with Crippen LogP contribution in [0.2, 0.25) is 0 Å². The Morgan fingerprint density at radius 3 is 2.84 bits per heavy atom. The Labute approximate surface area is 118 Å². The van der Waals surface area contributed by atoms with E-state index >= 15 is 0 Å². The zero-order chi connectivity index (χ0) is 13.5. The van der Waals surface area contributed by atoms with Gasteiger partial charge in [-0.1, -0.05) is 6.07 Å². The lowest BCUT2D eigenvalue weighted by atomic mass is 10.1. The van der Waals surface area contributed by atoms with Crippen LogP contribution in [0.15, 0.2) is 18.2 Å².